The minimum Gasteiger partial charge on any atom is -0.497 e. The number of amides is 1. The van der Waals surface area contributed by atoms with Crippen LogP contribution in [0.3, 0.4) is 0 Å². The highest BCUT2D eigenvalue weighted by atomic mass is 16.5. The summed E-state index contributed by atoms with van der Waals surface area (Å²) in [6, 6.07) is 15.2. The molecular formula is C26H27N3O5. The first-order chi connectivity index (χ1) is 16.7. The highest BCUT2D eigenvalue weighted by molar-refractivity contribution is 5.93. The van der Waals surface area contributed by atoms with Crippen LogP contribution in [0.2, 0.25) is 0 Å². The predicted octanol–water partition coefficient (Wildman–Crippen LogP) is 4.45. The molecule has 0 radical (unpaired) electrons. The van der Waals surface area contributed by atoms with Crippen LogP contribution in [0.15, 0.2) is 59.0 Å². The first-order valence-corrected chi connectivity index (χ1v) is 11.3. The summed E-state index contributed by atoms with van der Waals surface area (Å²) in [5.74, 6) is 1.87. The van der Waals surface area contributed by atoms with Crippen LogP contribution in [0, 0.1) is 0 Å². The third-order valence-electron chi connectivity index (χ3n) is 6.06. The van der Waals surface area contributed by atoms with Crippen molar-refractivity contribution < 1.29 is 23.4 Å². The van der Waals surface area contributed by atoms with E-state index in [1.54, 1.807) is 12.0 Å². The van der Waals surface area contributed by atoms with Gasteiger partial charge in [0.25, 0.3) is 0 Å². The van der Waals surface area contributed by atoms with Gasteiger partial charge < -0.3 is 23.5 Å². The molecule has 1 aromatic heterocycles. The summed E-state index contributed by atoms with van der Waals surface area (Å²) in [6.07, 6.45) is 3.99. The molecule has 1 saturated heterocycles. The van der Waals surface area contributed by atoms with Gasteiger partial charge in [-0.05, 0) is 23.8 Å². The largest absolute Gasteiger partial charge is 0.497 e. The predicted molar refractivity (Wildman–Crippen MR) is 128 cm³/mol. The number of hydrogen-bond acceptors (Lipinski definition) is 7. The summed E-state index contributed by atoms with van der Waals surface area (Å²) in [6.45, 7) is 2.71. The van der Waals surface area contributed by atoms with Gasteiger partial charge in [-0.3, -0.25) is 4.90 Å². The van der Waals surface area contributed by atoms with E-state index in [0.29, 0.717) is 37.0 Å². The number of carbonyl (C=O) groups is 1. The summed E-state index contributed by atoms with van der Waals surface area (Å²) in [5, 5.41) is 0. The molecule has 0 N–H and O–H groups in total. The van der Waals surface area contributed by atoms with Gasteiger partial charge in [-0.2, -0.15) is 0 Å². The number of rotatable bonds is 5. The maximum Gasteiger partial charge on any atom is 0.415 e. The summed E-state index contributed by atoms with van der Waals surface area (Å²) in [7, 11) is 2.99. The van der Waals surface area contributed by atoms with E-state index < -0.39 is 12.1 Å². The van der Waals surface area contributed by atoms with Crippen LogP contribution < -0.4 is 14.5 Å². The molecule has 34 heavy (non-hydrogen) atoms. The Labute approximate surface area is 198 Å². The van der Waals surface area contributed by atoms with E-state index >= 15 is 0 Å². The van der Waals surface area contributed by atoms with Crippen molar-refractivity contribution in [3.63, 3.8) is 0 Å². The molecule has 2 aliphatic heterocycles. The Bertz CT molecular complexity index is 1180. The van der Waals surface area contributed by atoms with E-state index in [-0.39, 0.29) is 0 Å². The number of carbonyl (C=O) groups excluding carboxylic acids is 1. The standard InChI is InChI=1S/C26H27N3O5/c1-31-20-9-11-22-19(17-20)8-10-23(29(22)26(30)32-2)24-27-21(16-18-6-4-3-5-7-18)25(34-24)28-12-14-33-15-13-28/h3-11,17,23H,12-16H2,1-2H3. The van der Waals surface area contributed by atoms with E-state index in [2.05, 4.69) is 17.0 Å². The Balaban J connectivity index is 1.55. The average molecular weight is 462 g/mol. The Kier molecular flexibility index (Phi) is 6.22. The van der Waals surface area contributed by atoms with Crippen molar-refractivity contribution >= 4 is 23.7 Å². The maximum atomic E-state index is 12.9. The zero-order valence-corrected chi connectivity index (χ0v) is 19.3. The van der Waals surface area contributed by atoms with Crippen molar-refractivity contribution in [3.05, 3.63) is 77.3 Å². The second-order valence-electron chi connectivity index (χ2n) is 8.13. The van der Waals surface area contributed by atoms with Gasteiger partial charge in [-0.25, -0.2) is 9.78 Å². The zero-order chi connectivity index (χ0) is 23.5. The van der Waals surface area contributed by atoms with Gasteiger partial charge in [0.05, 0.1) is 33.1 Å². The molecule has 8 nitrogen and oxygen atoms in total. The topological polar surface area (TPSA) is 77.3 Å². The van der Waals surface area contributed by atoms with Crippen molar-refractivity contribution in [1.82, 2.24) is 4.98 Å². The number of ether oxygens (including phenoxy) is 3. The monoisotopic (exact) mass is 461 g/mol. The van der Waals surface area contributed by atoms with E-state index in [0.717, 1.165) is 35.8 Å². The molecule has 5 rings (SSSR count). The minimum atomic E-state index is -0.544. The highest BCUT2D eigenvalue weighted by Crippen LogP contribution is 2.40. The third kappa shape index (κ3) is 4.24. The third-order valence-corrected chi connectivity index (χ3v) is 6.06. The SMILES string of the molecule is COC(=O)N1c2ccc(OC)cc2C=CC1c1nc(Cc2ccccc2)c(N2CCOCC2)o1. The van der Waals surface area contributed by atoms with Crippen LogP contribution in [0.1, 0.15) is 28.8 Å². The Morgan fingerprint density at radius 1 is 1.12 bits per heavy atom. The molecule has 0 aliphatic carbocycles. The number of aromatic nitrogens is 1. The van der Waals surface area contributed by atoms with Gasteiger partial charge in [-0.1, -0.05) is 42.5 Å². The number of fused-ring (bicyclic) bond motifs is 1. The fourth-order valence-corrected chi connectivity index (χ4v) is 4.35. The lowest BCUT2D eigenvalue weighted by Gasteiger charge is -2.31. The summed E-state index contributed by atoms with van der Waals surface area (Å²) >= 11 is 0. The van der Waals surface area contributed by atoms with Crippen molar-refractivity contribution in [2.24, 2.45) is 0 Å². The number of oxazole rings is 1. The molecule has 3 heterocycles. The van der Waals surface area contributed by atoms with Crippen LogP contribution in [-0.2, 0) is 15.9 Å². The number of nitrogens with zero attached hydrogens (tertiary/aromatic N) is 3. The number of morpholine rings is 1. The molecule has 8 heteroatoms. The van der Waals surface area contributed by atoms with Crippen molar-refractivity contribution in [2.75, 3.05) is 50.3 Å². The summed E-state index contributed by atoms with van der Waals surface area (Å²) < 4.78 is 22.4. The molecule has 1 atom stereocenters. The Morgan fingerprint density at radius 2 is 1.91 bits per heavy atom. The number of hydrogen-bond donors (Lipinski definition) is 0. The molecule has 2 aromatic carbocycles. The number of benzene rings is 2. The summed E-state index contributed by atoms with van der Waals surface area (Å²) in [5.41, 5.74) is 3.53. The lowest BCUT2D eigenvalue weighted by molar-refractivity contribution is 0.120. The highest BCUT2D eigenvalue weighted by Gasteiger charge is 2.35. The van der Waals surface area contributed by atoms with E-state index in [1.807, 2.05) is 48.6 Å². The minimum absolute atomic E-state index is 0.440. The van der Waals surface area contributed by atoms with Crippen molar-refractivity contribution in [2.45, 2.75) is 12.5 Å². The normalized spacial score (nSPS) is 17.4. The molecule has 2 aliphatic rings. The number of methoxy groups -OCH3 is 2. The van der Waals surface area contributed by atoms with Gasteiger partial charge in [0, 0.05) is 25.1 Å². The van der Waals surface area contributed by atoms with Crippen LogP contribution in [0.4, 0.5) is 16.4 Å². The molecule has 1 unspecified atom stereocenters. The lowest BCUT2D eigenvalue weighted by Crippen LogP contribution is -2.36. The molecule has 0 spiro atoms. The lowest BCUT2D eigenvalue weighted by atomic mass is 10.0. The van der Waals surface area contributed by atoms with Crippen LogP contribution in [-0.4, -0.2) is 51.6 Å². The van der Waals surface area contributed by atoms with E-state index in [4.69, 9.17) is 23.6 Å². The van der Waals surface area contributed by atoms with E-state index in [1.165, 1.54) is 7.11 Å². The van der Waals surface area contributed by atoms with Gasteiger partial charge in [-0.15, -0.1) is 0 Å². The fourth-order valence-electron chi connectivity index (χ4n) is 4.35. The molecule has 1 fully saturated rings. The Morgan fingerprint density at radius 3 is 2.65 bits per heavy atom. The quantitative estimate of drug-likeness (QED) is 0.555. The molecule has 176 valence electrons. The Hall–Kier alpha value is -3.78. The van der Waals surface area contributed by atoms with Crippen molar-refractivity contribution in [3.8, 4) is 5.75 Å². The van der Waals surface area contributed by atoms with Crippen LogP contribution in [0.5, 0.6) is 5.75 Å². The van der Waals surface area contributed by atoms with Gasteiger partial charge in [0.2, 0.25) is 11.8 Å². The molecule has 0 bridgehead atoms. The van der Waals surface area contributed by atoms with Gasteiger partial charge in [0.15, 0.2) is 0 Å². The van der Waals surface area contributed by atoms with Crippen molar-refractivity contribution in [1.29, 1.82) is 0 Å². The van der Waals surface area contributed by atoms with Crippen LogP contribution in [0.25, 0.3) is 6.08 Å². The molecule has 1 amide bonds. The number of anilines is 2. The van der Waals surface area contributed by atoms with E-state index in [9.17, 15) is 4.79 Å². The smallest absolute Gasteiger partial charge is 0.415 e. The second kappa shape index (κ2) is 9.61. The second-order valence-corrected chi connectivity index (χ2v) is 8.13. The maximum absolute atomic E-state index is 12.9. The van der Waals surface area contributed by atoms with Gasteiger partial charge in [0.1, 0.15) is 17.5 Å². The van der Waals surface area contributed by atoms with Gasteiger partial charge >= 0.3 is 6.09 Å². The summed E-state index contributed by atoms with van der Waals surface area (Å²) in [4.78, 5) is 21.5. The average Bonchev–Trinajstić information content (AvgIpc) is 3.31. The molecular weight excluding hydrogens is 434 g/mol. The zero-order valence-electron chi connectivity index (χ0n) is 19.3. The first-order valence-electron chi connectivity index (χ1n) is 11.3. The first kappa shape index (κ1) is 22.0. The van der Waals surface area contributed by atoms with Crippen LogP contribution >= 0.6 is 0 Å². The molecule has 3 aromatic rings. The molecule has 0 saturated carbocycles. The fraction of sp³-hybridized carbons (Fsp3) is 0.308.